The summed E-state index contributed by atoms with van der Waals surface area (Å²) in [6.07, 6.45) is 0.00928. The van der Waals surface area contributed by atoms with Crippen LogP contribution in [0.15, 0.2) is 0 Å². The van der Waals surface area contributed by atoms with Crippen molar-refractivity contribution in [1.82, 2.24) is 15.1 Å². The molecule has 0 bridgehead atoms. The standard InChI is InChI=1S/C14H26F3N3/c1-2-19-8-4-3-6-12(19)11-20-9-5-7-18-10-13(20)14(15,16)17/h12-13,18H,2-11H2,1H3. The van der Waals surface area contributed by atoms with E-state index >= 15 is 0 Å². The van der Waals surface area contributed by atoms with Gasteiger partial charge in [-0.25, -0.2) is 0 Å². The molecular formula is C14H26F3N3. The second kappa shape index (κ2) is 7.09. The molecule has 0 aromatic rings. The molecular weight excluding hydrogens is 267 g/mol. The summed E-state index contributed by atoms with van der Waals surface area (Å²) in [4.78, 5) is 4.01. The molecule has 2 fully saturated rings. The van der Waals surface area contributed by atoms with Gasteiger partial charge in [0, 0.05) is 25.7 Å². The van der Waals surface area contributed by atoms with E-state index in [2.05, 4.69) is 17.1 Å². The van der Waals surface area contributed by atoms with E-state index in [1.54, 1.807) is 4.90 Å². The lowest BCUT2D eigenvalue weighted by Crippen LogP contribution is -2.55. The Labute approximate surface area is 119 Å². The van der Waals surface area contributed by atoms with Crippen LogP contribution in [0.2, 0.25) is 0 Å². The number of likely N-dealkylation sites (N-methyl/N-ethyl adjacent to an activating group) is 1. The molecule has 0 amide bonds. The predicted octanol–water partition coefficient (Wildman–Crippen LogP) is 2.09. The fourth-order valence-electron chi connectivity index (χ4n) is 3.43. The summed E-state index contributed by atoms with van der Waals surface area (Å²) >= 11 is 0. The van der Waals surface area contributed by atoms with Crippen LogP contribution in [0.3, 0.4) is 0 Å². The average Bonchev–Trinajstić information content (AvgIpc) is 2.64. The average molecular weight is 293 g/mol. The van der Waals surface area contributed by atoms with Crippen molar-refractivity contribution in [2.24, 2.45) is 0 Å². The van der Waals surface area contributed by atoms with Crippen LogP contribution in [-0.4, -0.2) is 67.3 Å². The monoisotopic (exact) mass is 293 g/mol. The van der Waals surface area contributed by atoms with Crippen LogP contribution in [0.4, 0.5) is 13.2 Å². The van der Waals surface area contributed by atoms with Crippen molar-refractivity contribution in [3.8, 4) is 0 Å². The van der Waals surface area contributed by atoms with E-state index in [1.165, 1.54) is 6.42 Å². The van der Waals surface area contributed by atoms with E-state index in [0.717, 1.165) is 32.4 Å². The number of halogens is 3. The number of likely N-dealkylation sites (tertiary alicyclic amines) is 1. The molecule has 0 aromatic heterocycles. The first kappa shape index (κ1) is 16.0. The highest BCUT2D eigenvalue weighted by atomic mass is 19.4. The van der Waals surface area contributed by atoms with Gasteiger partial charge in [-0.3, -0.25) is 9.80 Å². The summed E-state index contributed by atoms with van der Waals surface area (Å²) in [6, 6.07) is -1.04. The van der Waals surface area contributed by atoms with Crippen molar-refractivity contribution in [2.75, 3.05) is 39.3 Å². The SMILES string of the molecule is CCN1CCCCC1CN1CCCNCC1C(F)(F)F. The molecule has 2 saturated heterocycles. The summed E-state index contributed by atoms with van der Waals surface area (Å²) in [5.74, 6) is 0. The molecule has 2 unspecified atom stereocenters. The third-order valence-corrected chi connectivity index (χ3v) is 4.56. The lowest BCUT2D eigenvalue weighted by molar-refractivity contribution is -0.183. The zero-order valence-corrected chi connectivity index (χ0v) is 12.3. The highest BCUT2D eigenvalue weighted by Crippen LogP contribution is 2.27. The number of alkyl halides is 3. The van der Waals surface area contributed by atoms with E-state index < -0.39 is 12.2 Å². The Balaban J connectivity index is 2.02. The first-order chi connectivity index (χ1) is 9.52. The highest BCUT2D eigenvalue weighted by Gasteiger charge is 2.44. The van der Waals surface area contributed by atoms with Crippen molar-refractivity contribution in [2.45, 2.75) is 50.9 Å². The maximum Gasteiger partial charge on any atom is 0.405 e. The Morgan fingerprint density at radius 1 is 1.10 bits per heavy atom. The number of nitrogens with zero attached hydrogens (tertiary/aromatic N) is 2. The smallest absolute Gasteiger partial charge is 0.315 e. The van der Waals surface area contributed by atoms with Gasteiger partial charge in [0.15, 0.2) is 0 Å². The van der Waals surface area contributed by atoms with Crippen LogP contribution in [0.1, 0.15) is 32.6 Å². The van der Waals surface area contributed by atoms with Gasteiger partial charge in [-0.05, 0) is 38.9 Å². The third-order valence-electron chi connectivity index (χ3n) is 4.56. The highest BCUT2D eigenvalue weighted by molar-refractivity contribution is 4.88. The van der Waals surface area contributed by atoms with Gasteiger partial charge in [-0.1, -0.05) is 13.3 Å². The maximum atomic E-state index is 13.2. The molecule has 20 heavy (non-hydrogen) atoms. The van der Waals surface area contributed by atoms with E-state index in [1.807, 2.05) is 0 Å². The van der Waals surface area contributed by atoms with Crippen LogP contribution >= 0.6 is 0 Å². The Morgan fingerprint density at radius 3 is 2.55 bits per heavy atom. The second-order valence-electron chi connectivity index (χ2n) is 5.89. The summed E-state index contributed by atoms with van der Waals surface area (Å²) < 4.78 is 39.6. The molecule has 2 aliphatic rings. The molecule has 0 radical (unpaired) electrons. The van der Waals surface area contributed by atoms with Crippen molar-refractivity contribution in [3.05, 3.63) is 0 Å². The van der Waals surface area contributed by atoms with E-state index in [9.17, 15) is 13.2 Å². The molecule has 0 saturated carbocycles. The van der Waals surface area contributed by atoms with E-state index in [-0.39, 0.29) is 12.6 Å². The van der Waals surface area contributed by atoms with Crippen molar-refractivity contribution in [3.63, 3.8) is 0 Å². The topological polar surface area (TPSA) is 18.5 Å². The van der Waals surface area contributed by atoms with Crippen molar-refractivity contribution < 1.29 is 13.2 Å². The molecule has 6 heteroatoms. The van der Waals surface area contributed by atoms with Gasteiger partial charge in [-0.15, -0.1) is 0 Å². The Morgan fingerprint density at radius 2 is 1.85 bits per heavy atom. The van der Waals surface area contributed by atoms with E-state index in [4.69, 9.17) is 0 Å². The Hall–Kier alpha value is -0.330. The lowest BCUT2D eigenvalue weighted by atomic mass is 10.0. The largest absolute Gasteiger partial charge is 0.405 e. The number of hydrogen-bond acceptors (Lipinski definition) is 3. The molecule has 2 aliphatic heterocycles. The maximum absolute atomic E-state index is 13.2. The van der Waals surface area contributed by atoms with Crippen LogP contribution in [0.25, 0.3) is 0 Å². The summed E-state index contributed by atoms with van der Waals surface area (Å²) in [5.41, 5.74) is 0. The van der Waals surface area contributed by atoms with E-state index in [0.29, 0.717) is 19.6 Å². The van der Waals surface area contributed by atoms with Crippen molar-refractivity contribution >= 4 is 0 Å². The van der Waals surface area contributed by atoms with Crippen molar-refractivity contribution in [1.29, 1.82) is 0 Å². The minimum absolute atomic E-state index is 0.0301. The van der Waals surface area contributed by atoms with Gasteiger partial charge >= 0.3 is 6.18 Å². The molecule has 3 nitrogen and oxygen atoms in total. The molecule has 0 aliphatic carbocycles. The zero-order chi connectivity index (χ0) is 14.6. The van der Waals surface area contributed by atoms with Crippen LogP contribution in [0.5, 0.6) is 0 Å². The minimum Gasteiger partial charge on any atom is -0.315 e. The van der Waals surface area contributed by atoms with Gasteiger partial charge < -0.3 is 5.32 Å². The third kappa shape index (κ3) is 4.09. The van der Waals surface area contributed by atoms with Gasteiger partial charge in [0.25, 0.3) is 0 Å². The first-order valence-corrected chi connectivity index (χ1v) is 7.78. The number of hydrogen-bond donors (Lipinski definition) is 1. The fourth-order valence-corrected chi connectivity index (χ4v) is 3.43. The number of rotatable bonds is 3. The molecule has 2 rings (SSSR count). The zero-order valence-electron chi connectivity index (χ0n) is 12.3. The molecule has 2 heterocycles. The number of nitrogens with one attached hydrogen (secondary N) is 1. The normalized spacial score (nSPS) is 31.2. The second-order valence-corrected chi connectivity index (χ2v) is 5.89. The molecule has 2 atom stereocenters. The molecule has 0 spiro atoms. The number of piperidine rings is 1. The summed E-state index contributed by atoms with van der Waals surface area (Å²) in [5, 5.41) is 2.92. The Bertz CT molecular complexity index is 296. The predicted molar refractivity (Wildman–Crippen MR) is 73.8 cm³/mol. The molecule has 1 N–H and O–H groups in total. The van der Waals surface area contributed by atoms with Crippen LogP contribution in [0, 0.1) is 0 Å². The lowest BCUT2D eigenvalue weighted by Gasteiger charge is -2.40. The van der Waals surface area contributed by atoms with Gasteiger partial charge in [0.1, 0.15) is 6.04 Å². The summed E-state index contributed by atoms with van der Waals surface area (Å²) in [7, 11) is 0. The molecule has 0 aromatic carbocycles. The van der Waals surface area contributed by atoms with Crippen LogP contribution < -0.4 is 5.32 Å². The van der Waals surface area contributed by atoms with Crippen LogP contribution in [-0.2, 0) is 0 Å². The van der Waals surface area contributed by atoms with Gasteiger partial charge in [0.2, 0.25) is 0 Å². The van der Waals surface area contributed by atoms with Gasteiger partial charge in [-0.2, -0.15) is 13.2 Å². The quantitative estimate of drug-likeness (QED) is 0.859. The van der Waals surface area contributed by atoms with Gasteiger partial charge in [0.05, 0.1) is 0 Å². The fraction of sp³-hybridized carbons (Fsp3) is 1.00. The molecule has 118 valence electrons. The summed E-state index contributed by atoms with van der Waals surface area (Å²) in [6.45, 7) is 5.89. The first-order valence-electron chi connectivity index (χ1n) is 7.78. The minimum atomic E-state index is -4.14. The Kier molecular flexibility index (Phi) is 5.69.